The van der Waals surface area contributed by atoms with E-state index in [0.29, 0.717) is 20.2 Å². The van der Waals surface area contributed by atoms with Crippen LogP contribution in [0.25, 0.3) is 0 Å². The minimum absolute atomic E-state index is 0.0423. The molecule has 43 heavy (non-hydrogen) atoms. The molecular weight excluding hydrogens is 776 g/mol. The lowest BCUT2D eigenvalue weighted by Crippen LogP contribution is -2.21. The number of hydrogen-bond donors (Lipinski definition) is 4. The number of rotatable bonds is 5. The van der Waals surface area contributed by atoms with Gasteiger partial charge in [-0.3, -0.25) is 4.79 Å². The van der Waals surface area contributed by atoms with Gasteiger partial charge in [-0.2, -0.15) is 0 Å². The summed E-state index contributed by atoms with van der Waals surface area (Å²) in [5.41, 5.74) is 12.3. The summed E-state index contributed by atoms with van der Waals surface area (Å²) in [6.45, 7) is 10.1. The number of ether oxygens (including phenoxy) is 1. The molecule has 11 nitrogen and oxygen atoms in total. The first kappa shape index (κ1) is 38.0. The van der Waals surface area contributed by atoms with Crippen LogP contribution in [0.2, 0.25) is 0 Å². The summed E-state index contributed by atoms with van der Waals surface area (Å²) in [5, 5.41) is 8.59. The number of nitrogens with zero attached hydrogens (tertiary/aromatic N) is 1. The number of nitrogen functional groups attached to an aromatic ring is 2. The van der Waals surface area contributed by atoms with Crippen LogP contribution < -0.4 is 16.2 Å². The quantitative estimate of drug-likeness (QED) is 0.182. The van der Waals surface area contributed by atoms with Gasteiger partial charge in [0.05, 0.1) is 23.8 Å². The number of carbonyl (C=O) groups excluding carboxylic acids is 2. The second kappa shape index (κ2) is 18.0. The van der Waals surface area contributed by atoms with Gasteiger partial charge in [-0.25, -0.2) is 22.7 Å². The molecule has 0 unspecified atom stereocenters. The van der Waals surface area contributed by atoms with Crippen molar-refractivity contribution in [3.63, 3.8) is 0 Å². The minimum Gasteiger partial charge on any atom is -0.478 e. The molecule has 3 aromatic carbocycles. The third-order valence-electron chi connectivity index (χ3n) is 5.71. The fraction of sp³-hybridized carbons (Fsp3) is 0.250. The number of fused-ring (bicyclic) bond motifs is 1. The van der Waals surface area contributed by atoms with Gasteiger partial charge in [-0.1, -0.05) is 68.6 Å². The number of nitrogens with one attached hydrogen (secondary N) is 1. The number of benzene rings is 3. The Hall–Kier alpha value is -2.98. The fourth-order valence-corrected chi connectivity index (χ4v) is 5.58. The zero-order chi connectivity index (χ0) is 32.9. The maximum Gasteiger partial charge on any atom is 0.339 e. The molecule has 1 amide bonds. The van der Waals surface area contributed by atoms with Gasteiger partial charge in [0.25, 0.3) is 15.9 Å². The van der Waals surface area contributed by atoms with E-state index in [0.717, 1.165) is 4.47 Å². The Balaban J connectivity index is 0.000000293. The van der Waals surface area contributed by atoms with Crippen LogP contribution in [-0.2, 0) is 14.8 Å². The van der Waals surface area contributed by atoms with Gasteiger partial charge in [-0.15, -0.1) is 0 Å². The standard InChI is InChI=1S/C8H8BrNO2.C7H4BrNO3S.C7H6BrNO2.C6H15N/c1-12-8(11)6-4-5(9)2-3-7(6)10;8-4-1-2-6-5(3-4)7(10)9-13(6,11)12;8-4-1-2-6(9)5(3-4)7(10)11;1-4-7(5-2)6-3/h2-4H,10H2,1H3;1-3H,(H,9,10);1-3H,9H2,(H,10,11);4-6H2,1-3H3. The maximum atomic E-state index is 11.2. The van der Waals surface area contributed by atoms with E-state index in [1.165, 1.54) is 44.9 Å². The van der Waals surface area contributed by atoms with E-state index < -0.39 is 27.9 Å². The molecule has 6 N–H and O–H groups in total. The first-order chi connectivity index (χ1) is 20.1. The molecule has 1 heterocycles. The average molecular weight is 809 g/mol. The first-order valence-corrected chi connectivity index (χ1v) is 16.5. The second-order valence-corrected chi connectivity index (χ2v) is 12.9. The van der Waals surface area contributed by atoms with Crippen LogP contribution in [0.3, 0.4) is 0 Å². The number of anilines is 2. The number of sulfonamides is 1. The molecular formula is C28H33Br3N4O7S. The predicted molar refractivity (Wildman–Crippen MR) is 178 cm³/mol. The zero-order valence-electron chi connectivity index (χ0n) is 23.9. The molecule has 0 aromatic heterocycles. The van der Waals surface area contributed by atoms with E-state index >= 15 is 0 Å². The van der Waals surface area contributed by atoms with E-state index in [2.05, 4.69) is 78.2 Å². The van der Waals surface area contributed by atoms with Crippen LogP contribution in [-0.4, -0.2) is 63.0 Å². The molecule has 3 aromatic rings. The number of nitrogens with two attached hydrogens (primary N) is 2. The number of methoxy groups -OCH3 is 1. The molecule has 0 saturated heterocycles. The van der Waals surface area contributed by atoms with Crippen molar-refractivity contribution in [2.45, 2.75) is 25.7 Å². The first-order valence-electron chi connectivity index (χ1n) is 12.6. The Bertz CT molecular complexity index is 1540. The van der Waals surface area contributed by atoms with Crippen molar-refractivity contribution in [3.8, 4) is 0 Å². The van der Waals surface area contributed by atoms with Crippen LogP contribution in [0.1, 0.15) is 51.8 Å². The van der Waals surface area contributed by atoms with Gasteiger partial charge in [-0.05, 0) is 74.2 Å². The number of carboxylic acids is 1. The molecule has 0 bridgehead atoms. The van der Waals surface area contributed by atoms with E-state index in [4.69, 9.17) is 16.6 Å². The van der Waals surface area contributed by atoms with Gasteiger partial charge >= 0.3 is 11.9 Å². The summed E-state index contributed by atoms with van der Waals surface area (Å²) in [6.07, 6.45) is 0. The lowest BCUT2D eigenvalue weighted by atomic mass is 10.2. The lowest BCUT2D eigenvalue weighted by Gasteiger charge is -2.13. The van der Waals surface area contributed by atoms with Gasteiger partial charge in [0.1, 0.15) is 4.90 Å². The molecule has 15 heteroatoms. The Labute approximate surface area is 276 Å². The van der Waals surface area contributed by atoms with Gasteiger partial charge in [0, 0.05) is 24.8 Å². The normalized spacial score (nSPS) is 12.2. The summed E-state index contributed by atoms with van der Waals surface area (Å²) in [7, 11) is -2.27. The van der Waals surface area contributed by atoms with Crippen molar-refractivity contribution in [1.29, 1.82) is 0 Å². The number of carbonyl (C=O) groups is 3. The third kappa shape index (κ3) is 11.9. The van der Waals surface area contributed by atoms with E-state index in [-0.39, 0.29) is 21.7 Å². The maximum absolute atomic E-state index is 11.2. The molecule has 0 spiro atoms. The van der Waals surface area contributed by atoms with Crippen molar-refractivity contribution >= 4 is 87.0 Å². The largest absolute Gasteiger partial charge is 0.478 e. The SMILES string of the molecule is CCN(CC)CC.COC(=O)c1cc(Br)ccc1N.Nc1ccc(Br)cc1C(=O)O.O=C1NS(=O)(=O)c2ccc(Br)cc21. The molecule has 234 valence electrons. The number of hydrogen-bond acceptors (Lipinski definition) is 9. The number of aromatic carboxylic acids is 1. The van der Waals surface area contributed by atoms with Crippen molar-refractivity contribution in [2.24, 2.45) is 0 Å². The molecule has 1 aliphatic heterocycles. The highest BCUT2D eigenvalue weighted by molar-refractivity contribution is 9.11. The van der Waals surface area contributed by atoms with Crippen LogP contribution >= 0.6 is 47.8 Å². The van der Waals surface area contributed by atoms with Crippen molar-refractivity contribution in [3.05, 3.63) is 84.7 Å². The van der Waals surface area contributed by atoms with Crippen LogP contribution in [0, 0.1) is 0 Å². The minimum atomic E-state index is -3.59. The van der Waals surface area contributed by atoms with E-state index in [1.807, 2.05) is 4.72 Å². The van der Waals surface area contributed by atoms with E-state index in [1.54, 1.807) is 36.4 Å². The van der Waals surface area contributed by atoms with Gasteiger partial charge in [0.2, 0.25) is 0 Å². The molecule has 1 aliphatic rings. The Morgan fingerprint density at radius 1 is 0.837 bits per heavy atom. The monoisotopic (exact) mass is 806 g/mol. The van der Waals surface area contributed by atoms with Crippen molar-refractivity contribution in [1.82, 2.24) is 9.62 Å². The number of halogens is 3. The Morgan fingerprint density at radius 2 is 1.28 bits per heavy atom. The van der Waals surface area contributed by atoms with E-state index in [9.17, 15) is 22.8 Å². The highest BCUT2D eigenvalue weighted by Gasteiger charge is 2.32. The number of esters is 1. The highest BCUT2D eigenvalue weighted by atomic mass is 79.9. The third-order valence-corrected chi connectivity index (χ3v) is 8.58. The highest BCUT2D eigenvalue weighted by Crippen LogP contribution is 2.25. The van der Waals surface area contributed by atoms with Crippen LogP contribution in [0.5, 0.6) is 0 Å². The van der Waals surface area contributed by atoms with Crippen LogP contribution in [0.4, 0.5) is 11.4 Å². The fourth-order valence-electron chi connectivity index (χ4n) is 3.35. The summed E-state index contributed by atoms with van der Waals surface area (Å²) < 4.78 is 31.1. The number of amides is 1. The predicted octanol–water partition coefficient (Wildman–Crippen LogP) is 5.78. The number of carboxylic acid groups (broad SMARTS) is 1. The summed E-state index contributed by atoms with van der Waals surface area (Å²) in [5.74, 6) is -2.01. The Kier molecular flexibility index (Phi) is 15.9. The topological polar surface area (TPSA) is 182 Å². The summed E-state index contributed by atoms with van der Waals surface area (Å²) in [6, 6.07) is 14.2. The van der Waals surface area contributed by atoms with Gasteiger partial charge < -0.3 is 26.2 Å². The second-order valence-electron chi connectivity index (χ2n) is 8.45. The lowest BCUT2D eigenvalue weighted by molar-refractivity contribution is 0.0600. The summed E-state index contributed by atoms with van der Waals surface area (Å²) >= 11 is 9.53. The van der Waals surface area contributed by atoms with Crippen molar-refractivity contribution < 1.29 is 32.6 Å². The summed E-state index contributed by atoms with van der Waals surface area (Å²) in [4.78, 5) is 35.1. The molecule has 0 aliphatic carbocycles. The molecule has 4 rings (SSSR count). The zero-order valence-corrected chi connectivity index (χ0v) is 29.4. The molecule has 0 atom stereocenters. The Morgan fingerprint density at radius 3 is 1.70 bits per heavy atom. The van der Waals surface area contributed by atoms with Gasteiger partial charge in [0.15, 0.2) is 0 Å². The molecule has 0 radical (unpaired) electrons. The van der Waals surface area contributed by atoms with Crippen molar-refractivity contribution in [2.75, 3.05) is 38.2 Å². The molecule has 0 saturated carbocycles. The van der Waals surface area contributed by atoms with Crippen LogP contribution in [0.15, 0.2) is 72.9 Å². The molecule has 0 fully saturated rings. The average Bonchev–Trinajstić information content (AvgIpc) is 3.19. The smallest absolute Gasteiger partial charge is 0.339 e.